The molecule has 0 aromatic heterocycles. The normalized spacial score (nSPS) is 26.4. The Balaban J connectivity index is 1.70. The first-order valence-electron chi connectivity index (χ1n) is 7.01. The average molecular weight is 370 g/mol. The minimum atomic E-state index is -1.18. The highest BCUT2D eigenvalue weighted by Gasteiger charge is 2.53. The SMILES string of the molecule is O=C(O)C1=CCSC2C(NC(=O)/C(=N/O)C3=CSCCN3)C(=O)N12. The Labute approximate surface area is 145 Å². The summed E-state index contributed by atoms with van der Waals surface area (Å²) >= 11 is 2.83. The summed E-state index contributed by atoms with van der Waals surface area (Å²) in [5, 5.41) is 27.9. The number of β-lactam (4-membered cyclic amide) rings is 1. The van der Waals surface area contributed by atoms with E-state index in [2.05, 4.69) is 15.8 Å². The van der Waals surface area contributed by atoms with Gasteiger partial charge in [0, 0.05) is 18.1 Å². The summed E-state index contributed by atoms with van der Waals surface area (Å²) in [6.45, 7) is 0.629. The molecule has 1 saturated heterocycles. The highest BCUT2D eigenvalue weighted by molar-refractivity contribution is 8.02. The number of carbonyl (C=O) groups excluding carboxylic acids is 2. The Morgan fingerprint density at radius 2 is 2.25 bits per heavy atom. The molecule has 11 heteroatoms. The molecule has 0 bridgehead atoms. The van der Waals surface area contributed by atoms with Gasteiger partial charge in [-0.15, -0.1) is 23.5 Å². The van der Waals surface area contributed by atoms with Crippen LogP contribution in [0.2, 0.25) is 0 Å². The van der Waals surface area contributed by atoms with Crippen molar-refractivity contribution in [1.29, 1.82) is 0 Å². The molecule has 9 nitrogen and oxygen atoms in total. The molecule has 2 amide bonds. The van der Waals surface area contributed by atoms with E-state index >= 15 is 0 Å². The van der Waals surface area contributed by atoms with Crippen LogP contribution in [0.15, 0.2) is 28.0 Å². The molecule has 128 valence electrons. The number of nitrogens with zero attached hydrogens (tertiary/aromatic N) is 2. The van der Waals surface area contributed by atoms with Gasteiger partial charge in [-0.2, -0.15) is 0 Å². The third kappa shape index (κ3) is 2.84. The van der Waals surface area contributed by atoms with Crippen LogP contribution in [0, 0.1) is 0 Å². The van der Waals surface area contributed by atoms with E-state index in [9.17, 15) is 14.4 Å². The van der Waals surface area contributed by atoms with Crippen LogP contribution in [0.25, 0.3) is 0 Å². The number of thioether (sulfide) groups is 2. The molecule has 2 unspecified atom stereocenters. The summed E-state index contributed by atoms with van der Waals surface area (Å²) in [6, 6.07) is -0.848. The number of nitrogens with one attached hydrogen (secondary N) is 2. The van der Waals surface area contributed by atoms with E-state index in [4.69, 9.17) is 10.3 Å². The smallest absolute Gasteiger partial charge is 0.352 e. The zero-order valence-electron chi connectivity index (χ0n) is 12.3. The predicted octanol–water partition coefficient (Wildman–Crippen LogP) is -0.637. The number of amides is 2. The van der Waals surface area contributed by atoms with E-state index in [1.807, 2.05) is 0 Å². The quantitative estimate of drug-likeness (QED) is 0.222. The lowest BCUT2D eigenvalue weighted by Gasteiger charge is -2.48. The molecule has 3 aliphatic rings. The van der Waals surface area contributed by atoms with Crippen molar-refractivity contribution >= 4 is 47.0 Å². The van der Waals surface area contributed by atoms with Crippen molar-refractivity contribution in [3.8, 4) is 0 Å². The first-order valence-corrected chi connectivity index (χ1v) is 9.11. The number of aliphatic carboxylic acids is 1. The fourth-order valence-corrected chi connectivity index (χ4v) is 4.43. The van der Waals surface area contributed by atoms with Gasteiger partial charge in [-0.3, -0.25) is 14.5 Å². The van der Waals surface area contributed by atoms with Gasteiger partial charge in [0.25, 0.3) is 11.8 Å². The number of oxime groups is 1. The molecular weight excluding hydrogens is 356 g/mol. The van der Waals surface area contributed by atoms with Gasteiger partial charge >= 0.3 is 5.97 Å². The second-order valence-corrected chi connectivity index (χ2v) is 7.18. The third-order valence-electron chi connectivity index (χ3n) is 3.66. The largest absolute Gasteiger partial charge is 0.477 e. The number of carboxylic acid groups (broad SMARTS) is 1. The predicted molar refractivity (Wildman–Crippen MR) is 88.5 cm³/mol. The van der Waals surface area contributed by atoms with Gasteiger partial charge in [0.05, 0.1) is 5.70 Å². The topological polar surface area (TPSA) is 131 Å². The molecule has 2 atom stereocenters. The number of hydrogen-bond donors (Lipinski definition) is 4. The van der Waals surface area contributed by atoms with Crippen LogP contribution >= 0.6 is 23.5 Å². The molecule has 3 heterocycles. The number of fused-ring (bicyclic) bond motifs is 1. The third-order valence-corrected chi connectivity index (χ3v) is 5.68. The van der Waals surface area contributed by atoms with E-state index in [0.29, 0.717) is 18.0 Å². The maximum atomic E-state index is 12.3. The van der Waals surface area contributed by atoms with Crippen molar-refractivity contribution in [2.24, 2.45) is 5.16 Å². The van der Waals surface area contributed by atoms with Crippen LogP contribution in [0.3, 0.4) is 0 Å². The molecule has 0 spiro atoms. The lowest BCUT2D eigenvalue weighted by molar-refractivity contribution is -0.150. The maximum Gasteiger partial charge on any atom is 0.352 e. The van der Waals surface area contributed by atoms with Crippen molar-refractivity contribution in [1.82, 2.24) is 15.5 Å². The van der Waals surface area contributed by atoms with Crippen LogP contribution in [-0.2, 0) is 14.4 Å². The van der Waals surface area contributed by atoms with Gasteiger partial charge in [-0.25, -0.2) is 4.79 Å². The first kappa shape index (κ1) is 16.7. The van der Waals surface area contributed by atoms with E-state index in [-0.39, 0.29) is 11.4 Å². The second-order valence-electron chi connectivity index (χ2n) is 5.06. The summed E-state index contributed by atoms with van der Waals surface area (Å²) in [5.74, 6) is -1.09. The van der Waals surface area contributed by atoms with Gasteiger partial charge in [0.1, 0.15) is 17.1 Å². The monoisotopic (exact) mass is 370 g/mol. The fraction of sp³-hybridized carbons (Fsp3) is 0.385. The molecule has 4 N–H and O–H groups in total. The average Bonchev–Trinajstić information content (AvgIpc) is 2.60. The molecule has 24 heavy (non-hydrogen) atoms. The van der Waals surface area contributed by atoms with Gasteiger partial charge in [-0.1, -0.05) is 5.16 Å². The van der Waals surface area contributed by atoms with Crippen LogP contribution in [0.4, 0.5) is 0 Å². The van der Waals surface area contributed by atoms with E-state index in [1.54, 1.807) is 5.41 Å². The van der Waals surface area contributed by atoms with Crippen molar-refractivity contribution in [3.63, 3.8) is 0 Å². The molecule has 3 aliphatic heterocycles. The molecule has 0 aromatic carbocycles. The summed E-state index contributed by atoms with van der Waals surface area (Å²) in [6.07, 6.45) is 1.47. The van der Waals surface area contributed by atoms with Crippen molar-refractivity contribution < 1.29 is 24.7 Å². The molecule has 3 rings (SSSR count). The van der Waals surface area contributed by atoms with Gasteiger partial charge in [0.2, 0.25) is 0 Å². The number of carbonyl (C=O) groups is 3. The standard InChI is InChI=1S/C13H14N4O5S2/c18-10(8(16-22)6-5-23-4-2-14-6)15-9-11(19)17-7(13(20)21)1-3-24-12(9)17/h1,5,9,12,14,22H,2-4H2,(H,15,18)(H,20,21)/b16-8+. The molecule has 0 aliphatic carbocycles. The molecule has 0 radical (unpaired) electrons. The van der Waals surface area contributed by atoms with Crippen LogP contribution in [0.5, 0.6) is 0 Å². The zero-order valence-corrected chi connectivity index (χ0v) is 13.9. The molecule has 0 saturated carbocycles. The van der Waals surface area contributed by atoms with E-state index in [1.165, 1.54) is 29.6 Å². The number of hydrogen-bond acceptors (Lipinski definition) is 8. The molecular formula is C13H14N4O5S2. The van der Waals surface area contributed by atoms with Gasteiger partial charge in [0.15, 0.2) is 5.71 Å². The molecule has 1 fully saturated rings. The van der Waals surface area contributed by atoms with Crippen molar-refractivity contribution in [2.75, 3.05) is 18.1 Å². The van der Waals surface area contributed by atoms with Gasteiger partial charge in [-0.05, 0) is 11.5 Å². The highest BCUT2D eigenvalue weighted by Crippen LogP contribution is 2.37. The minimum absolute atomic E-state index is 0.0710. The zero-order chi connectivity index (χ0) is 17.3. The van der Waals surface area contributed by atoms with E-state index < -0.39 is 29.2 Å². The van der Waals surface area contributed by atoms with Gasteiger partial charge < -0.3 is 20.9 Å². The van der Waals surface area contributed by atoms with Crippen molar-refractivity contribution in [3.05, 3.63) is 22.9 Å². The van der Waals surface area contributed by atoms with Crippen LogP contribution in [0.1, 0.15) is 0 Å². The first-order chi connectivity index (χ1) is 11.5. The summed E-state index contributed by atoms with van der Waals surface area (Å²) < 4.78 is 0. The Morgan fingerprint density at radius 1 is 1.46 bits per heavy atom. The van der Waals surface area contributed by atoms with E-state index in [0.717, 1.165) is 10.7 Å². The fourth-order valence-electron chi connectivity index (χ4n) is 2.54. The molecule has 0 aromatic rings. The summed E-state index contributed by atoms with van der Waals surface area (Å²) in [4.78, 5) is 36.8. The Bertz CT molecular complexity index is 690. The second kappa shape index (κ2) is 6.77. The Kier molecular flexibility index (Phi) is 4.71. The highest BCUT2D eigenvalue weighted by atomic mass is 32.2. The number of carboxylic acids is 1. The maximum absolute atomic E-state index is 12.3. The lowest BCUT2D eigenvalue weighted by atomic mass is 10.0. The summed E-state index contributed by atoms with van der Waals surface area (Å²) in [5.41, 5.74) is 0.110. The Morgan fingerprint density at radius 3 is 2.88 bits per heavy atom. The minimum Gasteiger partial charge on any atom is -0.477 e. The summed E-state index contributed by atoms with van der Waals surface area (Å²) in [7, 11) is 0. The van der Waals surface area contributed by atoms with Crippen molar-refractivity contribution in [2.45, 2.75) is 11.4 Å². The van der Waals surface area contributed by atoms with Crippen LogP contribution in [-0.4, -0.2) is 68.2 Å². The lowest BCUT2D eigenvalue weighted by Crippen LogP contribution is -2.70. The van der Waals surface area contributed by atoms with Crippen LogP contribution < -0.4 is 10.6 Å². The number of rotatable bonds is 4. The Hall–Kier alpha value is -2.14.